The van der Waals surface area contributed by atoms with Crippen LogP contribution in [0.1, 0.15) is 63.3 Å². The first kappa shape index (κ1) is 33.1. The van der Waals surface area contributed by atoms with Crippen LogP contribution in [-0.4, -0.2) is 46.1 Å². The van der Waals surface area contributed by atoms with Crippen LogP contribution in [0.2, 0.25) is 0 Å². The second kappa shape index (κ2) is 14.8. The number of unbranched alkanes of at least 4 members (excludes halogenated alkanes) is 1. The number of amides is 3. The first-order chi connectivity index (χ1) is 21.4. The third kappa shape index (κ3) is 9.08. The minimum absolute atomic E-state index is 0.0938. The van der Waals surface area contributed by atoms with Gasteiger partial charge in [0.25, 0.3) is 5.91 Å². The average molecular weight is 610 g/mol. The molecule has 3 N–H and O–H groups in total. The van der Waals surface area contributed by atoms with Crippen molar-refractivity contribution in [2.45, 2.75) is 71.6 Å². The number of hydrogen-bond acceptors (Lipinski definition) is 5. The van der Waals surface area contributed by atoms with Crippen molar-refractivity contribution in [3.8, 4) is 5.75 Å². The number of hydrogen-bond donors (Lipinski definition) is 3. The number of aryl methyl sites for hydroxylation is 1. The van der Waals surface area contributed by atoms with E-state index in [1.807, 2.05) is 80.6 Å². The number of nitrogens with zero attached hydrogens (tertiary/aromatic N) is 1. The van der Waals surface area contributed by atoms with E-state index in [4.69, 9.17) is 4.74 Å². The normalized spacial score (nSPS) is 12.6. The maximum absolute atomic E-state index is 14.6. The average Bonchev–Trinajstić information content (AvgIpc) is 2.99. The molecule has 0 heterocycles. The number of carbonyl (C=O) groups is 3. The van der Waals surface area contributed by atoms with Gasteiger partial charge in [0.1, 0.15) is 23.4 Å². The Morgan fingerprint density at radius 3 is 2.22 bits per heavy atom. The lowest BCUT2D eigenvalue weighted by Gasteiger charge is -2.35. The highest BCUT2D eigenvalue weighted by atomic mass is 16.6. The summed E-state index contributed by atoms with van der Waals surface area (Å²) in [6, 6.07) is 25.6. The number of fused-ring (bicyclic) bond motifs is 1. The molecule has 0 fully saturated rings. The standard InChI is InChI=1S/C37H43N3O5/c1-6-7-22-40(35(43)32(39-36(44)45-37(3,4)5)23-26-16-20-30(41)21-17-26)33(31-15-11-8-12-25(31)2)34(42)38-29-19-18-27-13-9-10-14-28(27)24-29/h8-21,24,32-33,41H,6-7,22-23H2,1-5H3,(H,38,42)(H,39,44). The molecule has 45 heavy (non-hydrogen) atoms. The van der Waals surface area contributed by atoms with E-state index in [0.29, 0.717) is 24.2 Å². The molecule has 0 aliphatic carbocycles. The van der Waals surface area contributed by atoms with Gasteiger partial charge in [-0.05, 0) is 85.8 Å². The number of aromatic hydroxyl groups is 1. The molecule has 236 valence electrons. The van der Waals surface area contributed by atoms with Crippen LogP contribution in [0.4, 0.5) is 10.5 Å². The molecule has 4 aromatic carbocycles. The highest BCUT2D eigenvalue weighted by Gasteiger charge is 2.37. The van der Waals surface area contributed by atoms with Crippen molar-refractivity contribution in [2.75, 3.05) is 11.9 Å². The maximum Gasteiger partial charge on any atom is 0.408 e. The van der Waals surface area contributed by atoms with Crippen molar-refractivity contribution < 1.29 is 24.2 Å². The third-order valence-corrected chi connectivity index (χ3v) is 7.46. The van der Waals surface area contributed by atoms with Gasteiger partial charge in [0.15, 0.2) is 0 Å². The smallest absolute Gasteiger partial charge is 0.408 e. The molecule has 2 unspecified atom stereocenters. The minimum atomic E-state index is -1.04. The molecular formula is C37H43N3O5. The van der Waals surface area contributed by atoms with E-state index in [1.165, 1.54) is 12.1 Å². The number of alkyl carbamates (subject to hydrolysis) is 1. The van der Waals surface area contributed by atoms with Crippen LogP contribution in [-0.2, 0) is 20.7 Å². The maximum atomic E-state index is 14.6. The van der Waals surface area contributed by atoms with Crippen LogP contribution in [0.5, 0.6) is 5.75 Å². The Bertz CT molecular complexity index is 1630. The van der Waals surface area contributed by atoms with Crippen LogP contribution >= 0.6 is 0 Å². The number of phenolic OH excluding ortho intramolecular Hbond substituents is 1. The molecule has 2 atom stereocenters. The lowest BCUT2D eigenvalue weighted by molar-refractivity contribution is -0.140. The number of rotatable bonds is 11. The van der Waals surface area contributed by atoms with Crippen molar-refractivity contribution in [1.29, 1.82) is 0 Å². The van der Waals surface area contributed by atoms with Crippen LogP contribution in [0.15, 0.2) is 91.0 Å². The fraction of sp³-hybridized carbons (Fsp3) is 0.324. The zero-order valence-electron chi connectivity index (χ0n) is 26.7. The van der Waals surface area contributed by atoms with Gasteiger partial charge in [-0.25, -0.2) is 4.79 Å². The number of phenols is 1. The van der Waals surface area contributed by atoms with Crippen LogP contribution < -0.4 is 10.6 Å². The third-order valence-electron chi connectivity index (χ3n) is 7.46. The first-order valence-electron chi connectivity index (χ1n) is 15.4. The fourth-order valence-corrected chi connectivity index (χ4v) is 5.23. The summed E-state index contributed by atoms with van der Waals surface area (Å²) in [6.45, 7) is 9.49. The van der Waals surface area contributed by atoms with Gasteiger partial charge < -0.3 is 25.4 Å². The molecule has 0 saturated heterocycles. The van der Waals surface area contributed by atoms with Gasteiger partial charge in [0.05, 0.1) is 0 Å². The van der Waals surface area contributed by atoms with Gasteiger partial charge in [-0.3, -0.25) is 9.59 Å². The molecule has 0 saturated carbocycles. The van der Waals surface area contributed by atoms with Gasteiger partial charge in [0.2, 0.25) is 5.91 Å². The van der Waals surface area contributed by atoms with Crippen LogP contribution in [0.3, 0.4) is 0 Å². The molecule has 0 aromatic heterocycles. The zero-order valence-corrected chi connectivity index (χ0v) is 26.7. The largest absolute Gasteiger partial charge is 0.508 e. The lowest BCUT2D eigenvalue weighted by atomic mass is 9.96. The van der Waals surface area contributed by atoms with E-state index in [-0.39, 0.29) is 18.1 Å². The molecule has 8 heteroatoms. The van der Waals surface area contributed by atoms with E-state index >= 15 is 0 Å². The summed E-state index contributed by atoms with van der Waals surface area (Å²) in [5.41, 5.74) is 2.13. The van der Waals surface area contributed by atoms with Crippen molar-refractivity contribution in [2.24, 2.45) is 0 Å². The van der Waals surface area contributed by atoms with Crippen molar-refractivity contribution >= 4 is 34.4 Å². The molecule has 0 bridgehead atoms. The Hall–Kier alpha value is -4.85. The molecule has 4 aromatic rings. The molecule has 0 radical (unpaired) electrons. The van der Waals surface area contributed by atoms with Gasteiger partial charge >= 0.3 is 6.09 Å². The monoisotopic (exact) mass is 609 g/mol. The van der Waals surface area contributed by atoms with Crippen LogP contribution in [0.25, 0.3) is 10.8 Å². The number of carbonyl (C=O) groups excluding carboxylic acids is 3. The molecule has 3 amide bonds. The molecule has 8 nitrogen and oxygen atoms in total. The topological polar surface area (TPSA) is 108 Å². The van der Waals surface area contributed by atoms with Gasteiger partial charge in [-0.15, -0.1) is 0 Å². The highest BCUT2D eigenvalue weighted by Crippen LogP contribution is 2.29. The Kier molecular flexibility index (Phi) is 10.8. The summed E-state index contributed by atoms with van der Waals surface area (Å²) in [5.74, 6) is -0.676. The summed E-state index contributed by atoms with van der Waals surface area (Å²) in [4.78, 5) is 43.5. The second-order valence-electron chi connectivity index (χ2n) is 12.3. The number of anilines is 1. The molecule has 4 rings (SSSR count). The highest BCUT2D eigenvalue weighted by molar-refractivity contribution is 6.00. The fourth-order valence-electron chi connectivity index (χ4n) is 5.23. The Morgan fingerprint density at radius 2 is 1.56 bits per heavy atom. The summed E-state index contributed by atoms with van der Waals surface area (Å²) in [5, 5.41) is 17.7. The summed E-state index contributed by atoms with van der Waals surface area (Å²) < 4.78 is 5.52. The van der Waals surface area contributed by atoms with E-state index < -0.39 is 29.7 Å². The molecule has 0 aliphatic heterocycles. The summed E-state index contributed by atoms with van der Waals surface area (Å²) >= 11 is 0. The van der Waals surface area contributed by atoms with Gasteiger partial charge in [-0.1, -0.05) is 80.1 Å². The Labute approximate surface area is 265 Å². The first-order valence-corrected chi connectivity index (χ1v) is 15.4. The van der Waals surface area contributed by atoms with Gasteiger partial charge in [-0.2, -0.15) is 0 Å². The Balaban J connectivity index is 1.75. The SMILES string of the molecule is CCCCN(C(=O)C(Cc1ccc(O)cc1)NC(=O)OC(C)(C)C)C(C(=O)Nc1ccc2ccccc2c1)c1ccccc1C. The molecule has 0 spiro atoms. The second-order valence-corrected chi connectivity index (χ2v) is 12.3. The zero-order chi connectivity index (χ0) is 32.6. The van der Waals surface area contributed by atoms with E-state index in [1.54, 1.807) is 37.8 Å². The number of ether oxygens (including phenoxy) is 1. The van der Waals surface area contributed by atoms with Crippen LogP contribution in [0, 0.1) is 6.92 Å². The molecular weight excluding hydrogens is 566 g/mol. The van der Waals surface area contributed by atoms with E-state index in [2.05, 4.69) is 10.6 Å². The van der Waals surface area contributed by atoms with E-state index in [0.717, 1.165) is 28.3 Å². The quantitative estimate of drug-likeness (QED) is 0.165. The predicted octanol–water partition coefficient (Wildman–Crippen LogP) is 7.30. The predicted molar refractivity (Wildman–Crippen MR) is 178 cm³/mol. The number of benzene rings is 4. The van der Waals surface area contributed by atoms with E-state index in [9.17, 15) is 19.5 Å². The Morgan fingerprint density at radius 1 is 0.889 bits per heavy atom. The lowest BCUT2D eigenvalue weighted by Crippen LogP contribution is -2.53. The molecule has 0 aliphatic rings. The van der Waals surface area contributed by atoms with Crippen molar-refractivity contribution in [3.05, 3.63) is 108 Å². The van der Waals surface area contributed by atoms with Crippen molar-refractivity contribution in [3.63, 3.8) is 0 Å². The van der Waals surface area contributed by atoms with Crippen molar-refractivity contribution in [1.82, 2.24) is 10.2 Å². The minimum Gasteiger partial charge on any atom is -0.508 e. The number of nitrogens with one attached hydrogen (secondary N) is 2. The summed E-state index contributed by atoms with van der Waals surface area (Å²) in [7, 11) is 0. The summed E-state index contributed by atoms with van der Waals surface area (Å²) in [6.07, 6.45) is 0.838. The van der Waals surface area contributed by atoms with Gasteiger partial charge in [0, 0.05) is 18.7 Å².